The molecular weight excluding hydrogens is 265 g/mol. The molecule has 1 heterocycles. The van der Waals surface area contributed by atoms with Gasteiger partial charge in [0.2, 0.25) is 5.95 Å². The maximum Gasteiger partial charge on any atom is 0.207 e. The highest BCUT2D eigenvalue weighted by Gasteiger charge is 2.09. The summed E-state index contributed by atoms with van der Waals surface area (Å²) < 4.78 is 15.7. The summed E-state index contributed by atoms with van der Waals surface area (Å²) in [4.78, 5) is 4.37. The van der Waals surface area contributed by atoms with Gasteiger partial charge >= 0.3 is 0 Å². The monoisotopic (exact) mass is 281 g/mol. The fraction of sp³-hybridized carbons (Fsp3) is 0.357. The number of unbranched alkanes of at least 4 members (excludes halogenated alkanes) is 1. The molecule has 0 atom stereocenters. The van der Waals surface area contributed by atoms with Crippen LogP contribution in [0.3, 0.4) is 0 Å². The van der Waals surface area contributed by atoms with E-state index >= 15 is 0 Å². The quantitative estimate of drug-likeness (QED) is 0.873. The molecule has 102 valence electrons. The number of rotatable bonds is 5. The van der Waals surface area contributed by atoms with E-state index in [0.29, 0.717) is 16.7 Å². The molecule has 1 aromatic carbocycles. The Balaban J connectivity index is 2.24. The second-order valence-corrected chi connectivity index (χ2v) is 4.94. The van der Waals surface area contributed by atoms with E-state index < -0.39 is 0 Å². The molecule has 0 fully saturated rings. The van der Waals surface area contributed by atoms with Crippen LogP contribution in [0.4, 0.5) is 16.0 Å². The lowest BCUT2D eigenvalue weighted by atomic mass is 10.3. The Labute approximate surface area is 117 Å². The largest absolute Gasteiger partial charge is 0.323 e. The van der Waals surface area contributed by atoms with E-state index in [1.165, 1.54) is 12.1 Å². The van der Waals surface area contributed by atoms with Crippen LogP contribution in [0.15, 0.2) is 24.4 Å². The summed E-state index contributed by atoms with van der Waals surface area (Å²) in [7, 11) is 0. The highest BCUT2D eigenvalue weighted by atomic mass is 35.5. The SMILES string of the molecule is CCCCn1cc(C)nc1Nc1cc(Cl)ccc1F. The second-order valence-electron chi connectivity index (χ2n) is 4.50. The van der Waals surface area contributed by atoms with Crippen molar-refractivity contribution in [3.8, 4) is 0 Å². The van der Waals surface area contributed by atoms with E-state index in [4.69, 9.17) is 11.6 Å². The number of hydrogen-bond donors (Lipinski definition) is 1. The van der Waals surface area contributed by atoms with Gasteiger partial charge in [0.15, 0.2) is 0 Å². The zero-order chi connectivity index (χ0) is 13.8. The van der Waals surface area contributed by atoms with Crippen molar-refractivity contribution in [2.24, 2.45) is 0 Å². The lowest BCUT2D eigenvalue weighted by molar-refractivity contribution is 0.626. The van der Waals surface area contributed by atoms with Gasteiger partial charge in [-0.25, -0.2) is 9.37 Å². The van der Waals surface area contributed by atoms with Gasteiger partial charge in [-0.15, -0.1) is 0 Å². The molecular formula is C14H17ClFN3. The molecule has 0 spiro atoms. The standard InChI is InChI=1S/C14H17ClFN3/c1-3-4-7-19-9-10(2)17-14(19)18-13-8-11(15)5-6-12(13)16/h5-6,8-9H,3-4,7H2,1-2H3,(H,17,18). The van der Waals surface area contributed by atoms with E-state index in [0.717, 1.165) is 25.1 Å². The summed E-state index contributed by atoms with van der Waals surface area (Å²) in [5, 5.41) is 3.50. The lowest BCUT2D eigenvalue weighted by Crippen LogP contribution is -2.04. The maximum absolute atomic E-state index is 13.7. The Morgan fingerprint density at radius 2 is 2.21 bits per heavy atom. The first-order valence-electron chi connectivity index (χ1n) is 6.36. The van der Waals surface area contributed by atoms with Gasteiger partial charge < -0.3 is 9.88 Å². The number of anilines is 2. The second kappa shape index (κ2) is 6.06. The predicted octanol–water partition coefficient (Wildman–Crippen LogP) is 4.53. The minimum Gasteiger partial charge on any atom is -0.323 e. The topological polar surface area (TPSA) is 29.9 Å². The summed E-state index contributed by atoms with van der Waals surface area (Å²) >= 11 is 5.88. The highest BCUT2D eigenvalue weighted by molar-refractivity contribution is 6.30. The zero-order valence-corrected chi connectivity index (χ0v) is 11.8. The molecule has 2 aromatic rings. The van der Waals surface area contributed by atoms with Crippen molar-refractivity contribution in [2.75, 3.05) is 5.32 Å². The molecule has 0 saturated heterocycles. The van der Waals surface area contributed by atoms with Crippen LogP contribution in [0.2, 0.25) is 5.02 Å². The summed E-state index contributed by atoms with van der Waals surface area (Å²) in [6.45, 7) is 4.91. The molecule has 0 saturated carbocycles. The van der Waals surface area contributed by atoms with Gasteiger partial charge in [0.25, 0.3) is 0 Å². The third kappa shape index (κ3) is 3.47. The molecule has 19 heavy (non-hydrogen) atoms. The number of aryl methyl sites for hydroxylation is 2. The zero-order valence-electron chi connectivity index (χ0n) is 11.1. The van der Waals surface area contributed by atoms with Crippen LogP contribution >= 0.6 is 11.6 Å². The fourth-order valence-electron chi connectivity index (χ4n) is 1.86. The first kappa shape index (κ1) is 13.9. The van der Waals surface area contributed by atoms with Crippen molar-refractivity contribution in [2.45, 2.75) is 33.2 Å². The molecule has 5 heteroatoms. The van der Waals surface area contributed by atoms with Crippen molar-refractivity contribution < 1.29 is 4.39 Å². The molecule has 0 radical (unpaired) electrons. The van der Waals surface area contributed by atoms with E-state index in [1.807, 2.05) is 17.7 Å². The van der Waals surface area contributed by atoms with Crippen LogP contribution in [0, 0.1) is 12.7 Å². The van der Waals surface area contributed by atoms with Gasteiger partial charge in [-0.05, 0) is 31.5 Å². The van der Waals surface area contributed by atoms with E-state index in [2.05, 4.69) is 17.2 Å². The van der Waals surface area contributed by atoms with Crippen LogP contribution in [-0.2, 0) is 6.54 Å². The van der Waals surface area contributed by atoms with Gasteiger partial charge in [0, 0.05) is 17.8 Å². The molecule has 0 aliphatic rings. The van der Waals surface area contributed by atoms with Gasteiger partial charge in [-0.2, -0.15) is 0 Å². The van der Waals surface area contributed by atoms with Crippen molar-refractivity contribution in [1.29, 1.82) is 0 Å². The fourth-order valence-corrected chi connectivity index (χ4v) is 2.03. The van der Waals surface area contributed by atoms with Crippen LogP contribution in [-0.4, -0.2) is 9.55 Å². The smallest absolute Gasteiger partial charge is 0.207 e. The van der Waals surface area contributed by atoms with Crippen LogP contribution in [0.1, 0.15) is 25.5 Å². The van der Waals surface area contributed by atoms with Gasteiger partial charge in [0.05, 0.1) is 11.4 Å². The Morgan fingerprint density at radius 3 is 2.95 bits per heavy atom. The summed E-state index contributed by atoms with van der Waals surface area (Å²) in [6.07, 6.45) is 4.12. The van der Waals surface area contributed by atoms with Crippen molar-refractivity contribution in [3.05, 3.63) is 40.9 Å². The third-order valence-corrected chi connectivity index (χ3v) is 3.06. The summed E-state index contributed by atoms with van der Waals surface area (Å²) in [5.74, 6) is 0.305. The highest BCUT2D eigenvalue weighted by Crippen LogP contribution is 2.23. The van der Waals surface area contributed by atoms with E-state index in [9.17, 15) is 4.39 Å². The first-order chi connectivity index (χ1) is 9.10. The molecule has 0 aliphatic heterocycles. The third-order valence-electron chi connectivity index (χ3n) is 2.82. The average molecular weight is 282 g/mol. The van der Waals surface area contributed by atoms with Crippen molar-refractivity contribution >= 4 is 23.2 Å². The molecule has 0 unspecified atom stereocenters. The number of benzene rings is 1. The number of nitrogens with zero attached hydrogens (tertiary/aromatic N) is 2. The first-order valence-corrected chi connectivity index (χ1v) is 6.73. The summed E-state index contributed by atoms with van der Waals surface area (Å²) in [5.41, 5.74) is 1.25. The number of hydrogen-bond acceptors (Lipinski definition) is 2. The van der Waals surface area contributed by atoms with Crippen molar-refractivity contribution in [3.63, 3.8) is 0 Å². The van der Waals surface area contributed by atoms with Crippen LogP contribution in [0.5, 0.6) is 0 Å². The van der Waals surface area contributed by atoms with Crippen LogP contribution in [0.25, 0.3) is 0 Å². The normalized spacial score (nSPS) is 10.7. The molecule has 0 amide bonds. The Bertz CT molecular complexity index is 566. The maximum atomic E-state index is 13.7. The van der Waals surface area contributed by atoms with E-state index in [-0.39, 0.29) is 5.82 Å². The Hall–Kier alpha value is -1.55. The number of halogens is 2. The number of nitrogens with one attached hydrogen (secondary N) is 1. The summed E-state index contributed by atoms with van der Waals surface area (Å²) in [6, 6.07) is 4.43. The minimum atomic E-state index is -0.341. The molecule has 0 bridgehead atoms. The van der Waals surface area contributed by atoms with E-state index in [1.54, 1.807) is 6.07 Å². The average Bonchev–Trinajstić information content (AvgIpc) is 2.71. The Kier molecular flexibility index (Phi) is 4.43. The molecule has 3 nitrogen and oxygen atoms in total. The van der Waals surface area contributed by atoms with Crippen molar-refractivity contribution in [1.82, 2.24) is 9.55 Å². The molecule has 2 rings (SSSR count). The molecule has 0 aliphatic carbocycles. The Morgan fingerprint density at radius 1 is 1.42 bits per heavy atom. The minimum absolute atomic E-state index is 0.341. The van der Waals surface area contributed by atoms with Gasteiger partial charge in [-0.3, -0.25) is 0 Å². The van der Waals surface area contributed by atoms with Gasteiger partial charge in [0.1, 0.15) is 5.82 Å². The predicted molar refractivity (Wildman–Crippen MR) is 76.6 cm³/mol. The number of aromatic nitrogens is 2. The lowest BCUT2D eigenvalue weighted by Gasteiger charge is -2.10. The number of imidazole rings is 1. The molecule has 1 aromatic heterocycles. The molecule has 1 N–H and O–H groups in total. The van der Waals surface area contributed by atoms with Crippen LogP contribution < -0.4 is 5.32 Å². The van der Waals surface area contributed by atoms with Gasteiger partial charge in [-0.1, -0.05) is 24.9 Å².